The summed E-state index contributed by atoms with van der Waals surface area (Å²) in [5.74, 6) is 0. The maximum absolute atomic E-state index is 12.7. The number of nitrogens with one attached hydrogen (secondary N) is 1. The van der Waals surface area contributed by atoms with Crippen LogP contribution in [0.25, 0.3) is 0 Å². The van der Waals surface area contributed by atoms with Crippen LogP contribution in [0.15, 0.2) is 6.20 Å². The van der Waals surface area contributed by atoms with Gasteiger partial charge in [0.05, 0.1) is 6.20 Å². The van der Waals surface area contributed by atoms with Crippen LogP contribution < -0.4 is 5.32 Å². The van der Waals surface area contributed by atoms with Crippen molar-refractivity contribution in [3.63, 3.8) is 0 Å². The van der Waals surface area contributed by atoms with Crippen molar-refractivity contribution >= 4 is 0 Å². The zero-order chi connectivity index (χ0) is 10.7. The van der Waals surface area contributed by atoms with Crippen molar-refractivity contribution < 1.29 is 8.78 Å². The lowest BCUT2D eigenvalue weighted by Crippen LogP contribution is -2.11. The Morgan fingerprint density at radius 2 is 2.14 bits per heavy atom. The predicted molar refractivity (Wildman–Crippen MR) is 50.3 cm³/mol. The Kier molecular flexibility index (Phi) is 3.57. The van der Waals surface area contributed by atoms with E-state index in [1.807, 2.05) is 13.8 Å². The van der Waals surface area contributed by atoms with E-state index in [1.165, 1.54) is 10.9 Å². The van der Waals surface area contributed by atoms with Gasteiger partial charge in [-0.1, -0.05) is 0 Å². The molecule has 1 aromatic heterocycles. The monoisotopic (exact) mass is 203 g/mol. The lowest BCUT2D eigenvalue weighted by Gasteiger charge is -2.11. The van der Waals surface area contributed by atoms with Gasteiger partial charge in [0.15, 0.2) is 0 Å². The quantitative estimate of drug-likeness (QED) is 0.812. The van der Waals surface area contributed by atoms with Gasteiger partial charge >= 0.3 is 0 Å². The first kappa shape index (κ1) is 11.1. The van der Waals surface area contributed by atoms with Crippen molar-refractivity contribution in [2.75, 3.05) is 7.05 Å². The van der Waals surface area contributed by atoms with Crippen LogP contribution in [0.4, 0.5) is 8.78 Å². The van der Waals surface area contributed by atoms with Gasteiger partial charge in [0.25, 0.3) is 6.43 Å². The molecule has 1 N–H and O–H groups in total. The lowest BCUT2D eigenvalue weighted by molar-refractivity contribution is 0.135. The molecule has 1 heterocycles. The van der Waals surface area contributed by atoms with Gasteiger partial charge in [-0.25, -0.2) is 8.78 Å². The summed E-state index contributed by atoms with van der Waals surface area (Å²) in [6.45, 7) is 4.09. The topological polar surface area (TPSA) is 29.9 Å². The molecular weight excluding hydrogens is 188 g/mol. The van der Waals surface area contributed by atoms with Crippen molar-refractivity contribution in [2.45, 2.75) is 32.9 Å². The fourth-order valence-corrected chi connectivity index (χ4v) is 1.39. The molecule has 0 atom stereocenters. The second-order valence-corrected chi connectivity index (χ2v) is 3.42. The highest BCUT2D eigenvalue weighted by Crippen LogP contribution is 2.25. The number of hydrogen-bond donors (Lipinski definition) is 1. The molecule has 1 rings (SSSR count). The van der Waals surface area contributed by atoms with Crippen LogP contribution in [0.1, 0.15) is 37.6 Å². The molecule has 0 spiro atoms. The van der Waals surface area contributed by atoms with Gasteiger partial charge in [0, 0.05) is 18.2 Å². The van der Waals surface area contributed by atoms with Gasteiger partial charge in [-0.15, -0.1) is 0 Å². The summed E-state index contributed by atoms with van der Waals surface area (Å²) in [5.41, 5.74) is 0.588. The minimum atomic E-state index is -2.47. The zero-order valence-electron chi connectivity index (χ0n) is 8.59. The van der Waals surface area contributed by atoms with Crippen molar-refractivity contribution in [2.24, 2.45) is 0 Å². The summed E-state index contributed by atoms with van der Waals surface area (Å²) in [6, 6.07) is -0.0374. The largest absolute Gasteiger partial charge is 0.316 e. The Bertz CT molecular complexity index is 294. The number of rotatable bonds is 4. The smallest absolute Gasteiger partial charge is 0.280 e. The lowest BCUT2D eigenvalue weighted by atomic mass is 10.2. The molecule has 0 radical (unpaired) electrons. The number of aromatic nitrogens is 2. The van der Waals surface area contributed by atoms with Crippen LogP contribution in [0, 0.1) is 0 Å². The highest BCUT2D eigenvalue weighted by atomic mass is 19.3. The maximum atomic E-state index is 12.7. The van der Waals surface area contributed by atoms with E-state index < -0.39 is 6.43 Å². The van der Waals surface area contributed by atoms with Gasteiger partial charge in [-0.3, -0.25) is 4.68 Å². The third-order valence-electron chi connectivity index (χ3n) is 1.98. The van der Waals surface area contributed by atoms with Crippen LogP contribution in [0.2, 0.25) is 0 Å². The molecule has 0 aliphatic heterocycles. The van der Waals surface area contributed by atoms with Gasteiger partial charge in [0.2, 0.25) is 0 Å². The Labute approximate surface area is 82.1 Å². The SMILES string of the molecule is CNCc1cnn(C(C)C)c1C(F)F. The third-order valence-corrected chi connectivity index (χ3v) is 1.98. The van der Waals surface area contributed by atoms with Crippen LogP contribution in [0.5, 0.6) is 0 Å². The van der Waals surface area contributed by atoms with Gasteiger partial charge in [-0.05, 0) is 20.9 Å². The Hall–Kier alpha value is -0.970. The third kappa shape index (κ3) is 2.09. The van der Waals surface area contributed by atoms with Gasteiger partial charge in [0.1, 0.15) is 5.69 Å². The van der Waals surface area contributed by atoms with Gasteiger partial charge < -0.3 is 5.32 Å². The van der Waals surface area contributed by atoms with Crippen LogP contribution in [0.3, 0.4) is 0 Å². The highest BCUT2D eigenvalue weighted by Gasteiger charge is 2.20. The van der Waals surface area contributed by atoms with E-state index in [9.17, 15) is 8.78 Å². The van der Waals surface area contributed by atoms with Crippen molar-refractivity contribution in [3.05, 3.63) is 17.5 Å². The predicted octanol–water partition coefficient (Wildman–Crippen LogP) is 2.12. The molecule has 0 saturated heterocycles. The first-order chi connectivity index (χ1) is 6.57. The molecule has 5 heteroatoms. The van der Waals surface area contributed by atoms with E-state index in [-0.39, 0.29) is 11.7 Å². The fourth-order valence-electron chi connectivity index (χ4n) is 1.39. The summed E-state index contributed by atoms with van der Waals surface area (Å²) in [4.78, 5) is 0. The van der Waals surface area contributed by atoms with E-state index in [4.69, 9.17) is 0 Å². The standard InChI is InChI=1S/C9H15F2N3/c1-6(2)14-8(9(10)11)7(4-12-3)5-13-14/h5-6,9,12H,4H2,1-3H3. The van der Waals surface area contributed by atoms with Gasteiger partial charge in [-0.2, -0.15) is 5.10 Å². The molecular formula is C9H15F2N3. The molecule has 1 aromatic rings. The Morgan fingerprint density at radius 1 is 1.50 bits per heavy atom. The molecule has 0 amide bonds. The second kappa shape index (κ2) is 4.50. The number of nitrogens with zero attached hydrogens (tertiary/aromatic N) is 2. The zero-order valence-corrected chi connectivity index (χ0v) is 8.59. The fraction of sp³-hybridized carbons (Fsp3) is 0.667. The first-order valence-corrected chi connectivity index (χ1v) is 4.57. The number of alkyl halides is 2. The molecule has 0 unspecified atom stereocenters. The summed E-state index contributed by atoms with van der Waals surface area (Å²) < 4.78 is 26.8. The minimum absolute atomic E-state index is 0.0225. The molecule has 14 heavy (non-hydrogen) atoms. The maximum Gasteiger partial charge on any atom is 0.280 e. The summed E-state index contributed by atoms with van der Waals surface area (Å²) in [5, 5.41) is 6.80. The summed E-state index contributed by atoms with van der Waals surface area (Å²) in [7, 11) is 1.72. The first-order valence-electron chi connectivity index (χ1n) is 4.57. The van der Waals surface area contributed by atoms with E-state index >= 15 is 0 Å². The molecule has 80 valence electrons. The number of hydrogen-bond acceptors (Lipinski definition) is 2. The van der Waals surface area contributed by atoms with Crippen LogP contribution in [-0.2, 0) is 6.54 Å². The van der Waals surface area contributed by atoms with Crippen molar-refractivity contribution in [3.8, 4) is 0 Å². The van der Waals surface area contributed by atoms with E-state index in [2.05, 4.69) is 10.4 Å². The van der Waals surface area contributed by atoms with Crippen LogP contribution >= 0.6 is 0 Å². The average Bonchev–Trinajstić information content (AvgIpc) is 2.48. The van der Waals surface area contributed by atoms with Crippen molar-refractivity contribution in [1.82, 2.24) is 15.1 Å². The van der Waals surface area contributed by atoms with E-state index in [0.29, 0.717) is 12.1 Å². The molecule has 0 aliphatic carbocycles. The Morgan fingerprint density at radius 3 is 2.57 bits per heavy atom. The minimum Gasteiger partial charge on any atom is -0.316 e. The van der Waals surface area contributed by atoms with E-state index in [1.54, 1.807) is 7.05 Å². The van der Waals surface area contributed by atoms with E-state index in [0.717, 1.165) is 0 Å². The summed E-state index contributed by atoms with van der Waals surface area (Å²) >= 11 is 0. The summed E-state index contributed by atoms with van der Waals surface area (Å²) in [6.07, 6.45) is -0.971. The second-order valence-electron chi connectivity index (χ2n) is 3.42. The Balaban J connectivity index is 3.07. The average molecular weight is 203 g/mol. The van der Waals surface area contributed by atoms with Crippen molar-refractivity contribution in [1.29, 1.82) is 0 Å². The molecule has 3 nitrogen and oxygen atoms in total. The number of halogens is 2. The molecule has 0 bridgehead atoms. The molecule has 0 aromatic carbocycles. The molecule has 0 saturated carbocycles. The normalized spacial score (nSPS) is 11.6. The highest BCUT2D eigenvalue weighted by molar-refractivity contribution is 5.19. The molecule has 0 aliphatic rings. The molecule has 0 fully saturated rings. The van der Waals surface area contributed by atoms with Crippen LogP contribution in [-0.4, -0.2) is 16.8 Å².